The van der Waals surface area contributed by atoms with Gasteiger partial charge in [-0.25, -0.2) is 4.79 Å². The van der Waals surface area contributed by atoms with Crippen LogP contribution >= 0.6 is 50.7 Å². The third kappa shape index (κ3) is 9.51. The van der Waals surface area contributed by atoms with Crippen molar-refractivity contribution >= 4 is 56.7 Å². The molecule has 6 heteroatoms. The number of alkyl halides is 3. The van der Waals surface area contributed by atoms with Crippen molar-refractivity contribution in [1.82, 2.24) is 0 Å². The van der Waals surface area contributed by atoms with Crippen molar-refractivity contribution in [3.63, 3.8) is 0 Å². The predicted octanol–water partition coefficient (Wildman–Crippen LogP) is 7.63. The molecule has 1 aromatic rings. The van der Waals surface area contributed by atoms with Gasteiger partial charge in [-0.1, -0.05) is 101 Å². The number of ether oxygens (including phenoxy) is 1. The zero-order valence-electron chi connectivity index (χ0n) is 14.6. The van der Waals surface area contributed by atoms with Gasteiger partial charge >= 0.3 is 5.97 Å². The van der Waals surface area contributed by atoms with Crippen LogP contribution in [0.4, 0.5) is 0 Å². The van der Waals surface area contributed by atoms with E-state index in [9.17, 15) is 4.79 Å². The highest BCUT2D eigenvalue weighted by Crippen LogP contribution is 2.30. The summed E-state index contributed by atoms with van der Waals surface area (Å²) in [7, 11) is 1.30. The molecule has 0 aliphatic heterocycles. The van der Waals surface area contributed by atoms with Gasteiger partial charge in [0.1, 0.15) is 0 Å². The van der Waals surface area contributed by atoms with Crippen LogP contribution in [-0.4, -0.2) is 17.4 Å². The molecule has 1 unspecified atom stereocenters. The number of esters is 1. The highest BCUT2D eigenvalue weighted by atomic mass is 79.9. The van der Waals surface area contributed by atoms with E-state index in [1.807, 2.05) is 12.1 Å². The quantitative estimate of drug-likeness (QED) is 0.178. The molecule has 1 atom stereocenters. The second-order valence-corrected chi connectivity index (χ2v) is 9.25. The third-order valence-corrected chi connectivity index (χ3v) is 6.09. The first-order valence-electron chi connectivity index (χ1n) is 8.72. The smallest absolute Gasteiger partial charge is 0.342 e. The van der Waals surface area contributed by atoms with Gasteiger partial charge in [0.25, 0.3) is 0 Å². The minimum atomic E-state index is -1.40. The van der Waals surface area contributed by atoms with Crippen LogP contribution < -0.4 is 0 Å². The molecule has 25 heavy (non-hydrogen) atoms. The molecule has 0 heterocycles. The first-order valence-corrected chi connectivity index (χ1v) is 10.8. The minimum Gasteiger partial charge on any atom is -0.467 e. The van der Waals surface area contributed by atoms with E-state index >= 15 is 0 Å². The van der Waals surface area contributed by atoms with Crippen LogP contribution in [0.1, 0.15) is 68.2 Å². The number of hydrogen-bond acceptors (Lipinski definition) is 2. The normalized spacial score (nSPS) is 12.8. The van der Waals surface area contributed by atoms with Gasteiger partial charge in [-0.2, -0.15) is 0 Å². The molecule has 1 aromatic carbocycles. The molecule has 0 aliphatic rings. The molecule has 0 spiro atoms. The fourth-order valence-electron chi connectivity index (χ4n) is 2.64. The van der Waals surface area contributed by atoms with Crippen LogP contribution in [-0.2, 0) is 9.53 Å². The van der Waals surface area contributed by atoms with Crippen molar-refractivity contribution in [3.8, 4) is 0 Å². The maximum atomic E-state index is 11.3. The molecule has 0 aliphatic carbocycles. The first-order chi connectivity index (χ1) is 11.9. The van der Waals surface area contributed by atoms with E-state index in [-0.39, 0.29) is 0 Å². The molecule has 0 N–H and O–H groups in total. The largest absolute Gasteiger partial charge is 0.467 e. The Morgan fingerprint density at radius 2 is 1.56 bits per heavy atom. The van der Waals surface area contributed by atoms with Gasteiger partial charge in [-0.05, 0) is 37.0 Å². The zero-order valence-corrected chi connectivity index (χ0v) is 18.4. The van der Waals surface area contributed by atoms with Crippen LogP contribution in [0.2, 0.25) is 5.02 Å². The molecular formula is C19H26BrCl3O2. The van der Waals surface area contributed by atoms with Gasteiger partial charge in [-0.3, -0.25) is 0 Å². The monoisotopic (exact) mass is 470 g/mol. The molecule has 2 nitrogen and oxygen atoms in total. The summed E-state index contributed by atoms with van der Waals surface area (Å²) < 4.78 is 3.18. The van der Waals surface area contributed by atoms with E-state index < -0.39 is 10.3 Å². The van der Waals surface area contributed by atoms with E-state index in [4.69, 9.17) is 34.8 Å². The van der Waals surface area contributed by atoms with E-state index in [1.54, 1.807) is 0 Å². The Bertz CT molecular complexity index is 506. The second kappa shape index (κ2) is 12.4. The molecule has 0 bridgehead atoms. The SMILES string of the molecule is COC(=O)C(Cl)(Cl)CCCCCCCCCC(Br)c1ccc(Cl)cc1. The van der Waals surface area contributed by atoms with Crippen LogP contribution in [0.5, 0.6) is 0 Å². The number of hydrogen-bond donors (Lipinski definition) is 0. The lowest BCUT2D eigenvalue weighted by Gasteiger charge is -2.16. The Hall–Kier alpha value is 0.0400. The fraction of sp³-hybridized carbons (Fsp3) is 0.632. The third-order valence-electron chi connectivity index (χ3n) is 4.16. The van der Waals surface area contributed by atoms with Crippen molar-refractivity contribution in [2.45, 2.75) is 66.9 Å². The van der Waals surface area contributed by atoms with Crippen LogP contribution in [0.15, 0.2) is 24.3 Å². The Morgan fingerprint density at radius 3 is 2.12 bits per heavy atom. The van der Waals surface area contributed by atoms with Crippen LogP contribution in [0.25, 0.3) is 0 Å². The van der Waals surface area contributed by atoms with Crippen molar-refractivity contribution in [2.75, 3.05) is 7.11 Å². The van der Waals surface area contributed by atoms with Crippen molar-refractivity contribution < 1.29 is 9.53 Å². The minimum absolute atomic E-state index is 0.392. The van der Waals surface area contributed by atoms with Gasteiger partial charge < -0.3 is 4.74 Å². The number of halogens is 4. The lowest BCUT2D eigenvalue weighted by Crippen LogP contribution is -2.27. The molecular weight excluding hydrogens is 446 g/mol. The summed E-state index contributed by atoms with van der Waals surface area (Å²) in [4.78, 5) is 11.7. The maximum absolute atomic E-state index is 11.3. The average Bonchev–Trinajstić information content (AvgIpc) is 2.59. The van der Waals surface area contributed by atoms with Crippen LogP contribution in [0.3, 0.4) is 0 Å². The summed E-state index contributed by atoms with van der Waals surface area (Å²) in [6.07, 6.45) is 9.43. The van der Waals surface area contributed by atoms with E-state index in [2.05, 4.69) is 32.8 Å². The predicted molar refractivity (Wildman–Crippen MR) is 111 cm³/mol. The first kappa shape index (κ1) is 23.1. The molecule has 0 saturated carbocycles. The van der Waals surface area contributed by atoms with Gasteiger partial charge in [0.15, 0.2) is 0 Å². The summed E-state index contributed by atoms with van der Waals surface area (Å²) in [5, 5.41) is 0.774. The van der Waals surface area contributed by atoms with Gasteiger partial charge in [0, 0.05) is 9.85 Å². The number of benzene rings is 1. The molecule has 0 saturated heterocycles. The standard InChI is InChI=1S/C19H26BrCl3O2/c1-25-18(24)19(22,23)14-8-6-4-2-3-5-7-9-17(20)15-10-12-16(21)13-11-15/h10-13,17H,2-9,14H2,1H3. The van der Waals surface area contributed by atoms with Crippen molar-refractivity contribution in [2.24, 2.45) is 0 Å². The second-order valence-electron chi connectivity index (χ2n) is 6.23. The van der Waals surface area contributed by atoms with E-state index in [0.717, 1.165) is 30.7 Å². The number of carbonyl (C=O) groups is 1. The van der Waals surface area contributed by atoms with Gasteiger partial charge in [-0.15, -0.1) is 0 Å². The number of methoxy groups -OCH3 is 1. The molecule has 0 radical (unpaired) electrons. The molecule has 142 valence electrons. The Balaban J connectivity index is 2.02. The maximum Gasteiger partial charge on any atom is 0.342 e. The van der Waals surface area contributed by atoms with Crippen LogP contribution in [0, 0.1) is 0 Å². The summed E-state index contributed by atoms with van der Waals surface area (Å²) in [6, 6.07) is 8.01. The molecule has 0 amide bonds. The van der Waals surface area contributed by atoms with E-state index in [1.165, 1.54) is 38.4 Å². The molecule has 1 rings (SSSR count). The lowest BCUT2D eigenvalue weighted by atomic mass is 10.0. The summed E-state index contributed by atoms with van der Waals surface area (Å²) in [5.41, 5.74) is 1.28. The number of unbranched alkanes of at least 4 members (excludes halogenated alkanes) is 6. The van der Waals surface area contributed by atoms with E-state index in [0.29, 0.717) is 11.2 Å². The Labute approximate surface area is 174 Å². The van der Waals surface area contributed by atoms with Gasteiger partial charge in [0.05, 0.1) is 7.11 Å². The lowest BCUT2D eigenvalue weighted by molar-refractivity contribution is -0.141. The fourth-order valence-corrected chi connectivity index (χ4v) is 3.82. The highest BCUT2D eigenvalue weighted by molar-refractivity contribution is 9.09. The zero-order chi connectivity index (χ0) is 18.7. The topological polar surface area (TPSA) is 26.3 Å². The summed E-state index contributed by atoms with van der Waals surface area (Å²) >= 11 is 21.5. The molecule has 0 fully saturated rings. The average molecular weight is 473 g/mol. The summed E-state index contributed by atoms with van der Waals surface area (Å²) in [6.45, 7) is 0. The summed E-state index contributed by atoms with van der Waals surface area (Å²) in [5.74, 6) is -0.569. The number of carbonyl (C=O) groups excluding carboxylic acids is 1. The van der Waals surface area contributed by atoms with Crippen molar-refractivity contribution in [1.29, 1.82) is 0 Å². The van der Waals surface area contributed by atoms with Gasteiger partial charge in [0.2, 0.25) is 4.33 Å². The Kier molecular flexibility index (Phi) is 11.5. The highest BCUT2D eigenvalue weighted by Gasteiger charge is 2.33. The number of rotatable bonds is 12. The molecule has 0 aromatic heterocycles. The van der Waals surface area contributed by atoms with Crippen molar-refractivity contribution in [3.05, 3.63) is 34.9 Å². The Morgan fingerprint density at radius 1 is 1.04 bits per heavy atom.